The predicted octanol–water partition coefficient (Wildman–Crippen LogP) is 11.8. The second kappa shape index (κ2) is 24.5. The van der Waals surface area contributed by atoms with Crippen LogP contribution in [0.3, 0.4) is 0 Å². The Hall–Kier alpha value is -0.850. The van der Waals surface area contributed by atoms with E-state index in [0.717, 1.165) is 0 Å². The fourth-order valence-corrected chi connectivity index (χ4v) is 6.07. The first-order chi connectivity index (χ1) is 17.8. The van der Waals surface area contributed by atoms with Gasteiger partial charge < -0.3 is 0 Å². The summed E-state index contributed by atoms with van der Waals surface area (Å²) in [6.07, 6.45) is 40.5. The van der Waals surface area contributed by atoms with E-state index in [1.807, 2.05) is 0 Å². The highest BCUT2D eigenvalue weighted by Crippen LogP contribution is 2.40. The lowest BCUT2D eigenvalue weighted by Crippen LogP contribution is -2.36. The Kier molecular flexibility index (Phi) is 22.6. The van der Waals surface area contributed by atoms with Gasteiger partial charge in [-0.15, -0.1) is 0 Å². The molecule has 0 saturated heterocycles. The standard InChI is InChI=1S/C35H66N/c1-4-7-10-12-14-16-18-20-24-29-35(28-23-9-6-3,31-34-36-32-26-22-27-33-36)30-25-21-19-17-15-13-11-8-5-2/h22,26-27,32-33H,4-21,23-25,28-31,34H2,1-3H3/q+1. The number of unbranched alkanes of at least 4 members (excludes halogenated alkanes) is 18. The SMILES string of the molecule is CCCCCCCCCCCC(CCCCC)(CCCCCCCCCCC)CC[n+]1ccccc1. The molecule has 1 aromatic rings. The van der Waals surface area contributed by atoms with Crippen molar-refractivity contribution in [2.75, 3.05) is 0 Å². The molecular formula is C35H66N+. The monoisotopic (exact) mass is 501 g/mol. The molecule has 1 rings (SSSR count). The molecule has 1 aromatic heterocycles. The molecule has 0 unspecified atom stereocenters. The topological polar surface area (TPSA) is 3.88 Å². The van der Waals surface area contributed by atoms with Gasteiger partial charge in [0.1, 0.15) is 6.54 Å². The molecule has 0 fully saturated rings. The Bertz CT molecular complexity index is 529. The number of pyridine rings is 1. The lowest BCUT2D eigenvalue weighted by atomic mass is 9.71. The smallest absolute Gasteiger partial charge is 0.168 e. The van der Waals surface area contributed by atoms with Crippen molar-refractivity contribution in [2.24, 2.45) is 5.41 Å². The summed E-state index contributed by atoms with van der Waals surface area (Å²) >= 11 is 0. The van der Waals surface area contributed by atoms with Crippen LogP contribution in [0.25, 0.3) is 0 Å². The molecule has 0 aliphatic carbocycles. The third kappa shape index (κ3) is 18.4. The van der Waals surface area contributed by atoms with Gasteiger partial charge in [0.05, 0.1) is 0 Å². The third-order valence-electron chi connectivity index (χ3n) is 8.61. The fraction of sp³-hybridized carbons (Fsp3) is 0.857. The van der Waals surface area contributed by atoms with E-state index in [0.29, 0.717) is 5.41 Å². The highest BCUT2D eigenvalue weighted by Gasteiger charge is 2.30. The first-order valence-corrected chi connectivity index (χ1v) is 16.7. The van der Waals surface area contributed by atoms with Crippen LogP contribution in [-0.4, -0.2) is 0 Å². The molecule has 0 spiro atoms. The Labute approximate surface area is 228 Å². The molecule has 0 radical (unpaired) electrons. The van der Waals surface area contributed by atoms with Crippen LogP contribution in [0.5, 0.6) is 0 Å². The largest absolute Gasteiger partial charge is 0.205 e. The minimum absolute atomic E-state index is 0.570. The van der Waals surface area contributed by atoms with Crippen LogP contribution in [0.2, 0.25) is 0 Å². The minimum atomic E-state index is 0.570. The van der Waals surface area contributed by atoms with Crippen LogP contribution in [0.15, 0.2) is 30.6 Å². The van der Waals surface area contributed by atoms with Crippen molar-refractivity contribution >= 4 is 0 Å². The molecule has 1 nitrogen and oxygen atoms in total. The van der Waals surface area contributed by atoms with Crippen LogP contribution in [0.1, 0.15) is 181 Å². The summed E-state index contributed by atoms with van der Waals surface area (Å²) in [7, 11) is 0. The van der Waals surface area contributed by atoms with Crippen LogP contribution in [0.4, 0.5) is 0 Å². The summed E-state index contributed by atoms with van der Waals surface area (Å²) in [6.45, 7) is 8.19. The number of aryl methyl sites for hydroxylation is 1. The average molecular weight is 501 g/mol. The van der Waals surface area contributed by atoms with Crippen LogP contribution < -0.4 is 4.57 Å². The molecule has 0 N–H and O–H groups in total. The zero-order chi connectivity index (χ0) is 26.0. The molecule has 0 bridgehead atoms. The van der Waals surface area contributed by atoms with E-state index in [1.165, 1.54) is 167 Å². The van der Waals surface area contributed by atoms with Gasteiger partial charge in [-0.1, -0.05) is 162 Å². The van der Waals surface area contributed by atoms with Crippen LogP contribution in [-0.2, 0) is 6.54 Å². The maximum atomic E-state index is 2.43. The van der Waals surface area contributed by atoms with E-state index in [4.69, 9.17) is 0 Å². The first kappa shape index (κ1) is 33.2. The van der Waals surface area contributed by atoms with Crippen molar-refractivity contribution in [3.8, 4) is 0 Å². The summed E-state index contributed by atoms with van der Waals surface area (Å²) in [6, 6.07) is 6.54. The van der Waals surface area contributed by atoms with Gasteiger partial charge >= 0.3 is 0 Å². The average Bonchev–Trinajstić information content (AvgIpc) is 2.90. The van der Waals surface area contributed by atoms with E-state index in [-0.39, 0.29) is 0 Å². The lowest BCUT2D eigenvalue weighted by Gasteiger charge is -2.34. The van der Waals surface area contributed by atoms with Crippen molar-refractivity contribution in [3.05, 3.63) is 30.6 Å². The minimum Gasteiger partial charge on any atom is -0.205 e. The van der Waals surface area contributed by atoms with Crippen molar-refractivity contribution in [3.63, 3.8) is 0 Å². The summed E-state index contributed by atoms with van der Waals surface area (Å²) in [5, 5.41) is 0. The Morgan fingerprint density at radius 1 is 0.389 bits per heavy atom. The van der Waals surface area contributed by atoms with Crippen molar-refractivity contribution < 1.29 is 4.57 Å². The number of hydrogen-bond donors (Lipinski definition) is 0. The van der Waals surface area contributed by atoms with E-state index in [2.05, 4.69) is 55.9 Å². The molecule has 0 atom stereocenters. The quantitative estimate of drug-likeness (QED) is 0.0835. The Morgan fingerprint density at radius 2 is 0.722 bits per heavy atom. The zero-order valence-electron chi connectivity index (χ0n) is 25.2. The molecule has 0 aromatic carbocycles. The maximum absolute atomic E-state index is 2.43. The number of hydrogen-bond acceptors (Lipinski definition) is 0. The van der Waals surface area contributed by atoms with E-state index >= 15 is 0 Å². The first-order valence-electron chi connectivity index (χ1n) is 16.7. The van der Waals surface area contributed by atoms with Gasteiger partial charge in [-0.05, 0) is 24.7 Å². The third-order valence-corrected chi connectivity index (χ3v) is 8.61. The van der Waals surface area contributed by atoms with Crippen molar-refractivity contribution in [1.29, 1.82) is 0 Å². The van der Waals surface area contributed by atoms with Crippen LogP contribution >= 0.6 is 0 Å². The lowest BCUT2D eigenvalue weighted by molar-refractivity contribution is -0.699. The van der Waals surface area contributed by atoms with E-state index in [1.54, 1.807) is 0 Å². The van der Waals surface area contributed by atoms with Crippen molar-refractivity contribution in [1.82, 2.24) is 0 Å². The van der Waals surface area contributed by atoms with Gasteiger partial charge in [0.25, 0.3) is 0 Å². The Morgan fingerprint density at radius 3 is 1.14 bits per heavy atom. The molecule has 36 heavy (non-hydrogen) atoms. The number of nitrogens with zero attached hydrogens (tertiary/aromatic N) is 1. The Balaban J connectivity index is 2.54. The number of rotatable bonds is 27. The predicted molar refractivity (Wildman–Crippen MR) is 162 cm³/mol. The highest BCUT2D eigenvalue weighted by molar-refractivity contribution is 4.84. The maximum Gasteiger partial charge on any atom is 0.168 e. The molecule has 210 valence electrons. The van der Waals surface area contributed by atoms with E-state index < -0.39 is 0 Å². The number of aromatic nitrogens is 1. The van der Waals surface area contributed by atoms with Gasteiger partial charge in [0.15, 0.2) is 12.4 Å². The molecule has 0 aliphatic rings. The molecule has 1 heteroatoms. The summed E-state index contributed by atoms with van der Waals surface area (Å²) in [4.78, 5) is 0. The summed E-state index contributed by atoms with van der Waals surface area (Å²) < 4.78 is 2.43. The normalized spacial score (nSPS) is 11.9. The second-order valence-corrected chi connectivity index (χ2v) is 12.0. The van der Waals surface area contributed by atoms with Gasteiger partial charge in [-0.3, -0.25) is 0 Å². The molecular weight excluding hydrogens is 434 g/mol. The molecule has 0 aliphatic heterocycles. The summed E-state index contributed by atoms with van der Waals surface area (Å²) in [5.41, 5.74) is 0.570. The highest BCUT2D eigenvalue weighted by atomic mass is 14.9. The molecule has 0 saturated carbocycles. The van der Waals surface area contributed by atoms with Gasteiger partial charge in [0, 0.05) is 18.6 Å². The van der Waals surface area contributed by atoms with Gasteiger partial charge in [0.2, 0.25) is 0 Å². The fourth-order valence-electron chi connectivity index (χ4n) is 6.07. The molecule has 0 amide bonds. The van der Waals surface area contributed by atoms with Gasteiger partial charge in [-0.25, -0.2) is 4.57 Å². The van der Waals surface area contributed by atoms with Crippen LogP contribution in [0, 0.1) is 5.41 Å². The summed E-state index contributed by atoms with van der Waals surface area (Å²) in [5.74, 6) is 0. The van der Waals surface area contributed by atoms with E-state index in [9.17, 15) is 0 Å². The van der Waals surface area contributed by atoms with Gasteiger partial charge in [-0.2, -0.15) is 0 Å². The zero-order valence-corrected chi connectivity index (χ0v) is 25.2. The molecule has 1 heterocycles. The van der Waals surface area contributed by atoms with Crippen molar-refractivity contribution in [2.45, 2.75) is 188 Å². The second-order valence-electron chi connectivity index (χ2n) is 12.0.